The van der Waals surface area contributed by atoms with Crippen LogP contribution in [0.3, 0.4) is 0 Å². The molecule has 0 unspecified atom stereocenters. The van der Waals surface area contributed by atoms with Gasteiger partial charge in [0.25, 0.3) is 15.7 Å². The molecule has 0 spiro atoms. The second kappa shape index (κ2) is 8.19. The van der Waals surface area contributed by atoms with Crippen LogP contribution in [0.15, 0.2) is 46.4 Å². The summed E-state index contributed by atoms with van der Waals surface area (Å²) in [5, 5.41) is 15.4. The number of nitrogens with one attached hydrogen (secondary N) is 2. The fourth-order valence-corrected chi connectivity index (χ4v) is 5.02. The number of benzene rings is 2. The molecule has 1 aliphatic rings. The third-order valence-electron chi connectivity index (χ3n) is 4.23. The van der Waals surface area contributed by atoms with Crippen LogP contribution < -0.4 is 10.1 Å². The standard InChI is InChI=1S/C18H20N4O4S2/c1-12-3-5-16(13(2)9-12)21-28(25,26)18-10-15(22(23)24)4-6-17(18)20-19-14-7-8-27-11-14/h3-6,9-10,20-21H,7-8,11H2,1-2H3/b19-14+. The number of nitro groups is 1. The van der Waals surface area contributed by atoms with Crippen LogP contribution in [0.4, 0.5) is 17.1 Å². The summed E-state index contributed by atoms with van der Waals surface area (Å²) in [4.78, 5) is 10.3. The lowest BCUT2D eigenvalue weighted by atomic mass is 10.1. The van der Waals surface area contributed by atoms with Gasteiger partial charge in [-0.15, -0.1) is 0 Å². The predicted molar refractivity (Wildman–Crippen MR) is 113 cm³/mol. The van der Waals surface area contributed by atoms with Crippen molar-refractivity contribution < 1.29 is 13.3 Å². The van der Waals surface area contributed by atoms with E-state index in [9.17, 15) is 18.5 Å². The Morgan fingerprint density at radius 1 is 1.14 bits per heavy atom. The van der Waals surface area contributed by atoms with Crippen LogP contribution in [-0.2, 0) is 10.0 Å². The van der Waals surface area contributed by atoms with E-state index in [0.29, 0.717) is 5.69 Å². The van der Waals surface area contributed by atoms with Gasteiger partial charge in [-0.05, 0) is 43.7 Å². The average Bonchev–Trinajstić information content (AvgIpc) is 3.15. The Kier molecular flexibility index (Phi) is 5.90. The van der Waals surface area contributed by atoms with Crippen LogP contribution in [-0.4, -0.2) is 30.6 Å². The Balaban J connectivity index is 1.99. The molecular formula is C18H20N4O4S2. The number of aryl methyl sites for hydroxylation is 2. The SMILES string of the molecule is Cc1ccc(NS(=O)(=O)c2cc([N+](=O)[O-])ccc2N/N=C2\CCSC2)c(C)c1. The number of rotatable bonds is 6. The van der Waals surface area contributed by atoms with Crippen molar-refractivity contribution in [2.75, 3.05) is 21.7 Å². The number of sulfonamides is 1. The first-order valence-corrected chi connectivity index (χ1v) is 11.2. The van der Waals surface area contributed by atoms with Crippen LogP contribution in [0.5, 0.6) is 0 Å². The van der Waals surface area contributed by atoms with Gasteiger partial charge in [0.05, 0.1) is 16.3 Å². The average molecular weight is 421 g/mol. The van der Waals surface area contributed by atoms with Crippen molar-refractivity contribution in [3.05, 3.63) is 57.6 Å². The first kappa shape index (κ1) is 20.2. The van der Waals surface area contributed by atoms with Gasteiger partial charge in [0, 0.05) is 23.6 Å². The third-order valence-corrected chi connectivity index (χ3v) is 6.67. The van der Waals surface area contributed by atoms with E-state index in [1.165, 1.54) is 12.1 Å². The zero-order chi connectivity index (χ0) is 20.3. The minimum absolute atomic E-state index is 0.187. The summed E-state index contributed by atoms with van der Waals surface area (Å²) in [5.74, 6) is 1.75. The Hall–Kier alpha value is -2.59. The zero-order valence-electron chi connectivity index (χ0n) is 15.4. The van der Waals surface area contributed by atoms with Gasteiger partial charge in [0.2, 0.25) is 0 Å². The third kappa shape index (κ3) is 4.63. The first-order valence-electron chi connectivity index (χ1n) is 8.54. The highest BCUT2D eigenvalue weighted by Gasteiger charge is 2.23. The van der Waals surface area contributed by atoms with Gasteiger partial charge in [0.1, 0.15) is 4.90 Å². The summed E-state index contributed by atoms with van der Waals surface area (Å²) in [6.07, 6.45) is 0.827. The van der Waals surface area contributed by atoms with Crippen LogP contribution in [0.25, 0.3) is 0 Å². The highest BCUT2D eigenvalue weighted by atomic mass is 32.2. The van der Waals surface area contributed by atoms with E-state index in [2.05, 4.69) is 15.2 Å². The van der Waals surface area contributed by atoms with Crippen molar-refractivity contribution >= 4 is 44.6 Å². The second-order valence-electron chi connectivity index (χ2n) is 6.45. The summed E-state index contributed by atoms with van der Waals surface area (Å²) in [7, 11) is -4.07. The van der Waals surface area contributed by atoms with Crippen molar-refractivity contribution in [3.8, 4) is 0 Å². The number of hydrogen-bond donors (Lipinski definition) is 2. The molecule has 0 atom stereocenters. The lowest BCUT2D eigenvalue weighted by molar-refractivity contribution is -0.385. The molecular weight excluding hydrogens is 400 g/mol. The largest absolute Gasteiger partial charge is 0.279 e. The maximum Gasteiger partial charge on any atom is 0.270 e. The molecule has 1 aliphatic heterocycles. The van der Waals surface area contributed by atoms with Gasteiger partial charge in [-0.3, -0.25) is 20.3 Å². The molecule has 2 N–H and O–H groups in total. The minimum Gasteiger partial charge on any atom is -0.279 e. The highest BCUT2D eigenvalue weighted by Crippen LogP contribution is 2.29. The quantitative estimate of drug-likeness (QED) is 0.541. The molecule has 8 nitrogen and oxygen atoms in total. The molecule has 1 fully saturated rings. The molecule has 0 radical (unpaired) electrons. The number of thioether (sulfide) groups is 1. The van der Waals surface area contributed by atoms with E-state index in [1.807, 2.05) is 13.0 Å². The van der Waals surface area contributed by atoms with Crippen molar-refractivity contribution in [1.29, 1.82) is 0 Å². The van der Waals surface area contributed by atoms with E-state index in [4.69, 9.17) is 0 Å². The van der Waals surface area contributed by atoms with Crippen LogP contribution in [0.2, 0.25) is 0 Å². The van der Waals surface area contributed by atoms with Crippen molar-refractivity contribution in [1.82, 2.24) is 0 Å². The smallest absolute Gasteiger partial charge is 0.270 e. The minimum atomic E-state index is -4.07. The van der Waals surface area contributed by atoms with Crippen molar-refractivity contribution in [3.63, 3.8) is 0 Å². The molecule has 0 amide bonds. The number of anilines is 2. The van der Waals surface area contributed by atoms with E-state index in [0.717, 1.165) is 40.8 Å². The summed E-state index contributed by atoms with van der Waals surface area (Å²) in [6.45, 7) is 3.70. The summed E-state index contributed by atoms with van der Waals surface area (Å²) < 4.78 is 28.5. The summed E-state index contributed by atoms with van der Waals surface area (Å²) in [6, 6.07) is 8.97. The van der Waals surface area contributed by atoms with Gasteiger partial charge in [-0.25, -0.2) is 8.42 Å². The van der Waals surface area contributed by atoms with Gasteiger partial charge in [-0.2, -0.15) is 16.9 Å². The number of non-ortho nitro benzene ring substituents is 1. The molecule has 1 heterocycles. The Morgan fingerprint density at radius 2 is 1.89 bits per heavy atom. The fraction of sp³-hybridized carbons (Fsp3) is 0.278. The van der Waals surface area contributed by atoms with Crippen LogP contribution in [0.1, 0.15) is 17.5 Å². The van der Waals surface area contributed by atoms with Crippen LogP contribution in [0, 0.1) is 24.0 Å². The molecule has 3 rings (SSSR count). The number of hydrazone groups is 1. The zero-order valence-corrected chi connectivity index (χ0v) is 17.1. The molecule has 148 valence electrons. The Bertz CT molecular complexity index is 1040. The molecule has 0 aromatic heterocycles. The van der Waals surface area contributed by atoms with Gasteiger partial charge < -0.3 is 0 Å². The normalized spacial score (nSPS) is 15.6. The van der Waals surface area contributed by atoms with E-state index >= 15 is 0 Å². The molecule has 2 aromatic rings. The Labute approximate surface area is 167 Å². The summed E-state index contributed by atoms with van der Waals surface area (Å²) in [5.41, 5.74) is 5.75. The van der Waals surface area contributed by atoms with Crippen molar-refractivity contribution in [2.45, 2.75) is 25.2 Å². The van der Waals surface area contributed by atoms with E-state index < -0.39 is 14.9 Å². The molecule has 28 heavy (non-hydrogen) atoms. The maximum absolute atomic E-state index is 13.0. The van der Waals surface area contributed by atoms with Gasteiger partial charge in [-0.1, -0.05) is 17.7 Å². The molecule has 2 aromatic carbocycles. The number of nitrogens with zero attached hydrogens (tertiary/aromatic N) is 2. The highest BCUT2D eigenvalue weighted by molar-refractivity contribution is 8.00. The maximum atomic E-state index is 13.0. The number of nitro benzene ring substituents is 1. The molecule has 1 saturated heterocycles. The van der Waals surface area contributed by atoms with Gasteiger partial charge >= 0.3 is 0 Å². The van der Waals surface area contributed by atoms with Gasteiger partial charge in [0.15, 0.2) is 0 Å². The summed E-state index contributed by atoms with van der Waals surface area (Å²) >= 11 is 1.75. The monoisotopic (exact) mass is 420 g/mol. The van der Waals surface area contributed by atoms with Crippen LogP contribution >= 0.6 is 11.8 Å². The lowest BCUT2D eigenvalue weighted by Crippen LogP contribution is -2.16. The first-order chi connectivity index (χ1) is 13.3. The fourth-order valence-electron chi connectivity index (χ4n) is 2.75. The molecule has 10 heteroatoms. The molecule has 0 saturated carbocycles. The lowest BCUT2D eigenvalue weighted by Gasteiger charge is -2.14. The molecule has 0 aliphatic carbocycles. The second-order valence-corrected chi connectivity index (χ2v) is 9.21. The topological polar surface area (TPSA) is 114 Å². The predicted octanol–water partition coefficient (Wildman–Crippen LogP) is 3.92. The van der Waals surface area contributed by atoms with E-state index in [-0.39, 0.29) is 16.3 Å². The Morgan fingerprint density at radius 3 is 2.54 bits per heavy atom. The number of hydrogen-bond acceptors (Lipinski definition) is 7. The van der Waals surface area contributed by atoms with Crippen molar-refractivity contribution in [2.24, 2.45) is 5.10 Å². The van der Waals surface area contributed by atoms with E-state index in [1.54, 1.807) is 30.8 Å². The molecule has 0 bridgehead atoms.